The minimum atomic E-state index is -3.89. The third-order valence-electron chi connectivity index (χ3n) is 3.43. The quantitative estimate of drug-likeness (QED) is 0.666. The molecule has 1 saturated heterocycles. The van der Waals surface area contributed by atoms with Crippen LogP contribution < -0.4 is 5.32 Å². The van der Waals surface area contributed by atoms with E-state index in [0.717, 1.165) is 18.2 Å². The lowest BCUT2D eigenvalue weighted by Gasteiger charge is -2.36. The second-order valence-corrected chi connectivity index (χ2v) is 6.99. The van der Waals surface area contributed by atoms with Crippen LogP contribution in [0.25, 0.3) is 0 Å². The molecule has 1 aliphatic heterocycles. The Morgan fingerprint density at radius 2 is 2.10 bits per heavy atom. The first kappa shape index (κ1) is 15.8. The average Bonchev–Trinajstić information content (AvgIpc) is 2.41. The van der Waals surface area contributed by atoms with Gasteiger partial charge in [0.15, 0.2) is 0 Å². The van der Waals surface area contributed by atoms with E-state index in [9.17, 15) is 22.9 Å². The summed E-state index contributed by atoms with van der Waals surface area (Å²) in [6.07, 6.45) is 0. The first-order valence-electron chi connectivity index (χ1n) is 6.42. The smallest absolute Gasteiger partial charge is 0.306 e. The molecule has 0 amide bonds. The first-order valence-corrected chi connectivity index (χ1v) is 7.86. The molecule has 0 aliphatic carbocycles. The Kier molecular flexibility index (Phi) is 4.26. The van der Waals surface area contributed by atoms with Gasteiger partial charge in [-0.1, -0.05) is 0 Å². The molecule has 21 heavy (non-hydrogen) atoms. The second kappa shape index (κ2) is 5.66. The number of hydrogen-bond acceptors (Lipinski definition) is 5. The fourth-order valence-corrected chi connectivity index (χ4v) is 3.99. The molecule has 1 fully saturated rings. The number of nitrogens with one attached hydrogen (secondary N) is 1. The molecule has 2 rings (SSSR count). The van der Waals surface area contributed by atoms with Crippen LogP contribution in [0.5, 0.6) is 0 Å². The van der Waals surface area contributed by atoms with Crippen molar-refractivity contribution in [3.05, 3.63) is 34.1 Å². The molecule has 9 heteroatoms. The van der Waals surface area contributed by atoms with Crippen LogP contribution in [0.15, 0.2) is 23.1 Å². The van der Waals surface area contributed by atoms with Gasteiger partial charge in [0, 0.05) is 31.2 Å². The van der Waals surface area contributed by atoms with Gasteiger partial charge in [0.2, 0.25) is 15.8 Å². The van der Waals surface area contributed by atoms with Crippen molar-refractivity contribution in [2.75, 3.05) is 13.1 Å². The molecule has 0 spiro atoms. The minimum absolute atomic E-state index is 0.0218. The largest absolute Gasteiger partial charge is 0.311 e. The molecular formula is C12H16FN3O4S. The number of halogens is 1. The Morgan fingerprint density at radius 3 is 2.71 bits per heavy atom. The number of nitro groups is 1. The minimum Gasteiger partial charge on any atom is -0.311 e. The zero-order chi connectivity index (χ0) is 15.8. The van der Waals surface area contributed by atoms with Crippen molar-refractivity contribution in [1.82, 2.24) is 9.62 Å². The zero-order valence-electron chi connectivity index (χ0n) is 11.6. The molecule has 1 aromatic carbocycles. The van der Waals surface area contributed by atoms with Gasteiger partial charge in [-0.2, -0.15) is 8.70 Å². The summed E-state index contributed by atoms with van der Waals surface area (Å²) in [4.78, 5) is 9.54. The summed E-state index contributed by atoms with van der Waals surface area (Å²) < 4.78 is 39.8. The fourth-order valence-electron chi connectivity index (χ4n) is 2.25. The average molecular weight is 317 g/mol. The van der Waals surface area contributed by atoms with Gasteiger partial charge in [-0.15, -0.1) is 0 Å². The lowest BCUT2D eigenvalue weighted by Crippen LogP contribution is -2.56. The Labute approximate surface area is 122 Å². The summed E-state index contributed by atoms with van der Waals surface area (Å²) in [5.41, 5.74) is -0.841. The normalized spacial score (nSPS) is 24.0. The molecule has 0 saturated carbocycles. The van der Waals surface area contributed by atoms with Gasteiger partial charge >= 0.3 is 5.69 Å². The van der Waals surface area contributed by atoms with Crippen molar-refractivity contribution in [2.45, 2.75) is 30.8 Å². The maximum atomic E-state index is 13.3. The molecule has 0 bridgehead atoms. The van der Waals surface area contributed by atoms with E-state index in [1.807, 2.05) is 6.92 Å². The summed E-state index contributed by atoms with van der Waals surface area (Å²) in [5.74, 6) is -1.05. The van der Waals surface area contributed by atoms with Gasteiger partial charge < -0.3 is 5.32 Å². The van der Waals surface area contributed by atoms with Gasteiger partial charge in [-0.3, -0.25) is 10.1 Å². The van der Waals surface area contributed by atoms with Crippen molar-refractivity contribution in [1.29, 1.82) is 0 Å². The van der Waals surface area contributed by atoms with E-state index in [1.54, 1.807) is 6.92 Å². The summed E-state index contributed by atoms with van der Waals surface area (Å²) in [5, 5.41) is 13.9. The van der Waals surface area contributed by atoms with Crippen LogP contribution in [0.1, 0.15) is 13.8 Å². The van der Waals surface area contributed by atoms with Gasteiger partial charge in [-0.25, -0.2) is 8.42 Å². The highest BCUT2D eigenvalue weighted by atomic mass is 32.2. The van der Waals surface area contributed by atoms with Crippen LogP contribution in [0.2, 0.25) is 0 Å². The van der Waals surface area contributed by atoms with E-state index in [0.29, 0.717) is 6.54 Å². The topological polar surface area (TPSA) is 92.5 Å². The monoisotopic (exact) mass is 317 g/mol. The van der Waals surface area contributed by atoms with Crippen LogP contribution in [-0.4, -0.2) is 42.8 Å². The summed E-state index contributed by atoms with van der Waals surface area (Å²) in [7, 11) is -3.89. The van der Waals surface area contributed by atoms with E-state index in [1.165, 1.54) is 4.31 Å². The van der Waals surface area contributed by atoms with E-state index in [-0.39, 0.29) is 23.5 Å². The predicted molar refractivity (Wildman–Crippen MR) is 73.9 cm³/mol. The fraction of sp³-hybridized carbons (Fsp3) is 0.500. The van der Waals surface area contributed by atoms with E-state index in [4.69, 9.17) is 0 Å². The number of piperazine rings is 1. The number of nitrogens with zero attached hydrogens (tertiary/aromatic N) is 2. The van der Waals surface area contributed by atoms with Crippen molar-refractivity contribution < 1.29 is 17.7 Å². The van der Waals surface area contributed by atoms with Gasteiger partial charge in [0.1, 0.15) is 0 Å². The Balaban J connectivity index is 2.44. The molecule has 0 aromatic heterocycles. The highest BCUT2D eigenvalue weighted by molar-refractivity contribution is 7.89. The molecule has 116 valence electrons. The number of nitro benzene ring substituents is 1. The summed E-state index contributed by atoms with van der Waals surface area (Å²) >= 11 is 0. The molecule has 2 atom stereocenters. The number of hydrogen-bond donors (Lipinski definition) is 1. The van der Waals surface area contributed by atoms with Gasteiger partial charge in [-0.05, 0) is 26.0 Å². The Hall–Kier alpha value is -1.58. The van der Waals surface area contributed by atoms with Crippen LogP contribution >= 0.6 is 0 Å². The standard InChI is InChI=1S/C12H16FN3O4S/c1-8-7-15(9(2)6-14-8)21(19,20)10-3-4-11(13)12(5-10)16(17)18/h3-5,8-9,14H,6-7H2,1-2H3. The zero-order valence-corrected chi connectivity index (χ0v) is 12.4. The second-order valence-electron chi connectivity index (χ2n) is 5.10. The summed E-state index contributed by atoms with van der Waals surface area (Å²) in [6.45, 7) is 4.34. The molecule has 7 nitrogen and oxygen atoms in total. The predicted octanol–water partition coefficient (Wildman–Crippen LogP) is 1.10. The van der Waals surface area contributed by atoms with Gasteiger partial charge in [0.05, 0.1) is 9.82 Å². The maximum Gasteiger partial charge on any atom is 0.306 e. The van der Waals surface area contributed by atoms with E-state index >= 15 is 0 Å². The number of sulfonamides is 1. The summed E-state index contributed by atoms with van der Waals surface area (Å²) in [6, 6.07) is 2.32. The highest BCUT2D eigenvalue weighted by Gasteiger charge is 2.34. The maximum absolute atomic E-state index is 13.3. The lowest BCUT2D eigenvalue weighted by molar-refractivity contribution is -0.387. The van der Waals surface area contributed by atoms with Crippen molar-refractivity contribution >= 4 is 15.7 Å². The van der Waals surface area contributed by atoms with Crippen LogP contribution in [0, 0.1) is 15.9 Å². The van der Waals surface area contributed by atoms with Crippen molar-refractivity contribution in [2.24, 2.45) is 0 Å². The van der Waals surface area contributed by atoms with Gasteiger partial charge in [0.25, 0.3) is 0 Å². The van der Waals surface area contributed by atoms with E-state index in [2.05, 4.69) is 5.32 Å². The third kappa shape index (κ3) is 3.04. The van der Waals surface area contributed by atoms with Crippen LogP contribution in [0.4, 0.5) is 10.1 Å². The molecular weight excluding hydrogens is 301 g/mol. The van der Waals surface area contributed by atoms with E-state index < -0.39 is 26.5 Å². The SMILES string of the molecule is CC1CN(S(=O)(=O)c2ccc(F)c([N+](=O)[O-])c2)C(C)CN1. The Morgan fingerprint density at radius 1 is 1.43 bits per heavy atom. The first-order chi connectivity index (χ1) is 9.73. The number of rotatable bonds is 3. The lowest BCUT2D eigenvalue weighted by atomic mass is 10.2. The molecule has 1 N–H and O–H groups in total. The third-order valence-corrected chi connectivity index (χ3v) is 5.40. The molecule has 1 aliphatic rings. The van der Waals surface area contributed by atoms with Crippen molar-refractivity contribution in [3.63, 3.8) is 0 Å². The van der Waals surface area contributed by atoms with Crippen LogP contribution in [-0.2, 0) is 10.0 Å². The number of benzene rings is 1. The molecule has 2 unspecified atom stereocenters. The molecule has 1 heterocycles. The molecule has 1 aromatic rings. The van der Waals surface area contributed by atoms with Crippen molar-refractivity contribution in [3.8, 4) is 0 Å². The Bertz CT molecular complexity index is 664. The van der Waals surface area contributed by atoms with Crippen LogP contribution in [0.3, 0.4) is 0 Å². The molecule has 0 radical (unpaired) electrons. The highest BCUT2D eigenvalue weighted by Crippen LogP contribution is 2.26.